The zero-order chi connectivity index (χ0) is 17.8. The van der Waals surface area contributed by atoms with Crippen LogP contribution in [0.1, 0.15) is 18.9 Å². The van der Waals surface area contributed by atoms with E-state index in [4.69, 9.17) is 9.47 Å². The monoisotopic (exact) mass is 349 g/mol. The molecule has 8 nitrogen and oxygen atoms in total. The maximum absolute atomic E-state index is 12.3. The van der Waals surface area contributed by atoms with Crippen LogP contribution in [0.2, 0.25) is 0 Å². The Labute approximate surface area is 148 Å². The van der Waals surface area contributed by atoms with Gasteiger partial charge in [0.15, 0.2) is 0 Å². The zero-order valence-electron chi connectivity index (χ0n) is 15.0. The highest BCUT2D eigenvalue weighted by atomic mass is 16.5. The SMILES string of the molecule is COc1cc(CN2CCC(NC(=O)C3NNNC3C)C2)cc(OC)c1. The van der Waals surface area contributed by atoms with Crippen molar-refractivity contribution in [1.29, 1.82) is 0 Å². The molecule has 2 heterocycles. The smallest absolute Gasteiger partial charge is 0.240 e. The van der Waals surface area contributed by atoms with Gasteiger partial charge in [-0.1, -0.05) is 0 Å². The number of amides is 1. The van der Waals surface area contributed by atoms with Gasteiger partial charge in [0, 0.05) is 37.8 Å². The van der Waals surface area contributed by atoms with Gasteiger partial charge in [0.05, 0.1) is 14.2 Å². The van der Waals surface area contributed by atoms with Gasteiger partial charge in [0.25, 0.3) is 0 Å². The number of carbonyl (C=O) groups is 1. The molecule has 0 aromatic heterocycles. The first kappa shape index (κ1) is 17.9. The summed E-state index contributed by atoms with van der Waals surface area (Å²) < 4.78 is 10.7. The highest BCUT2D eigenvalue weighted by molar-refractivity contribution is 5.83. The Balaban J connectivity index is 1.53. The Kier molecular flexibility index (Phi) is 5.74. The molecule has 4 N–H and O–H groups in total. The third-order valence-electron chi connectivity index (χ3n) is 4.75. The summed E-state index contributed by atoms with van der Waals surface area (Å²) in [5.41, 5.74) is 9.86. The van der Waals surface area contributed by atoms with E-state index in [0.29, 0.717) is 0 Å². The number of ether oxygens (including phenoxy) is 2. The van der Waals surface area contributed by atoms with Gasteiger partial charge in [0.2, 0.25) is 5.91 Å². The summed E-state index contributed by atoms with van der Waals surface area (Å²) in [4.78, 5) is 14.7. The highest BCUT2D eigenvalue weighted by Gasteiger charge is 2.32. The van der Waals surface area contributed by atoms with Crippen LogP contribution in [0.15, 0.2) is 18.2 Å². The van der Waals surface area contributed by atoms with Crippen molar-refractivity contribution < 1.29 is 14.3 Å². The van der Waals surface area contributed by atoms with E-state index in [9.17, 15) is 4.79 Å². The van der Waals surface area contributed by atoms with Crippen molar-refractivity contribution in [3.63, 3.8) is 0 Å². The van der Waals surface area contributed by atoms with Gasteiger partial charge in [-0.2, -0.15) is 5.53 Å². The maximum atomic E-state index is 12.3. The molecule has 1 aromatic carbocycles. The lowest BCUT2D eigenvalue weighted by Crippen LogP contribution is -2.50. The predicted octanol–water partition coefficient (Wildman–Crippen LogP) is -0.236. The molecule has 2 aliphatic rings. The van der Waals surface area contributed by atoms with Gasteiger partial charge in [-0.05, 0) is 31.0 Å². The maximum Gasteiger partial charge on any atom is 0.240 e. The molecule has 3 atom stereocenters. The fourth-order valence-corrected chi connectivity index (χ4v) is 3.34. The quantitative estimate of drug-likeness (QED) is 0.564. The number of methoxy groups -OCH3 is 2. The van der Waals surface area contributed by atoms with Gasteiger partial charge in [-0.3, -0.25) is 9.69 Å². The Morgan fingerprint density at radius 2 is 1.96 bits per heavy atom. The molecule has 0 aliphatic carbocycles. The van der Waals surface area contributed by atoms with Gasteiger partial charge in [-0.15, -0.1) is 0 Å². The van der Waals surface area contributed by atoms with E-state index >= 15 is 0 Å². The highest BCUT2D eigenvalue weighted by Crippen LogP contribution is 2.24. The van der Waals surface area contributed by atoms with Crippen LogP contribution in [-0.4, -0.2) is 56.2 Å². The first-order valence-corrected chi connectivity index (χ1v) is 8.60. The minimum atomic E-state index is -0.253. The third kappa shape index (κ3) is 4.40. The van der Waals surface area contributed by atoms with Crippen LogP contribution in [0, 0.1) is 0 Å². The Morgan fingerprint density at radius 3 is 2.56 bits per heavy atom. The van der Waals surface area contributed by atoms with Gasteiger partial charge >= 0.3 is 0 Å². The van der Waals surface area contributed by atoms with Crippen LogP contribution in [0.4, 0.5) is 0 Å². The van der Waals surface area contributed by atoms with Crippen molar-refractivity contribution in [2.24, 2.45) is 0 Å². The Morgan fingerprint density at radius 1 is 1.24 bits per heavy atom. The molecule has 0 spiro atoms. The second kappa shape index (κ2) is 8.01. The summed E-state index contributed by atoms with van der Waals surface area (Å²) in [7, 11) is 3.31. The van der Waals surface area contributed by atoms with Gasteiger partial charge in [0.1, 0.15) is 17.5 Å². The van der Waals surface area contributed by atoms with Crippen LogP contribution < -0.4 is 31.2 Å². The third-order valence-corrected chi connectivity index (χ3v) is 4.75. The first-order valence-electron chi connectivity index (χ1n) is 8.60. The second-order valence-electron chi connectivity index (χ2n) is 6.63. The average Bonchev–Trinajstić information content (AvgIpc) is 3.23. The molecule has 3 unspecified atom stereocenters. The number of nitrogens with zero attached hydrogens (tertiary/aromatic N) is 1. The van der Waals surface area contributed by atoms with Crippen molar-refractivity contribution in [3.8, 4) is 11.5 Å². The Bertz CT molecular complexity index is 590. The molecular weight excluding hydrogens is 322 g/mol. The summed E-state index contributed by atoms with van der Waals surface area (Å²) in [6.45, 7) is 4.57. The lowest BCUT2D eigenvalue weighted by Gasteiger charge is -2.20. The van der Waals surface area contributed by atoms with E-state index in [1.807, 2.05) is 25.1 Å². The van der Waals surface area contributed by atoms with Gasteiger partial charge in [-0.25, -0.2) is 10.9 Å². The van der Waals surface area contributed by atoms with Crippen molar-refractivity contribution >= 4 is 5.91 Å². The lowest BCUT2D eigenvalue weighted by atomic mass is 10.1. The van der Waals surface area contributed by atoms with E-state index < -0.39 is 0 Å². The van der Waals surface area contributed by atoms with Crippen molar-refractivity contribution in [2.45, 2.75) is 38.0 Å². The normalized spacial score (nSPS) is 26.6. The van der Waals surface area contributed by atoms with E-state index in [1.54, 1.807) is 14.2 Å². The van der Waals surface area contributed by atoms with E-state index in [0.717, 1.165) is 43.1 Å². The molecule has 0 radical (unpaired) electrons. The zero-order valence-corrected chi connectivity index (χ0v) is 15.0. The number of hydrazine groups is 2. The molecule has 1 aromatic rings. The molecule has 138 valence electrons. The van der Waals surface area contributed by atoms with Crippen LogP contribution in [0.3, 0.4) is 0 Å². The molecule has 25 heavy (non-hydrogen) atoms. The number of hydrogen-bond acceptors (Lipinski definition) is 7. The Hall–Kier alpha value is -1.87. The predicted molar refractivity (Wildman–Crippen MR) is 94.0 cm³/mol. The second-order valence-corrected chi connectivity index (χ2v) is 6.63. The summed E-state index contributed by atoms with van der Waals surface area (Å²) in [6, 6.07) is 5.90. The summed E-state index contributed by atoms with van der Waals surface area (Å²) in [5.74, 6) is 1.61. The molecule has 0 bridgehead atoms. The number of carbonyl (C=O) groups excluding carboxylic acids is 1. The number of likely N-dealkylation sites (tertiary alicyclic amines) is 1. The summed E-state index contributed by atoms with van der Waals surface area (Å²) in [6.07, 6.45) is 0.953. The van der Waals surface area contributed by atoms with Gasteiger partial charge < -0.3 is 14.8 Å². The minimum absolute atomic E-state index is 0.0277. The molecule has 2 saturated heterocycles. The number of nitrogens with one attached hydrogen (secondary N) is 4. The largest absolute Gasteiger partial charge is 0.497 e. The van der Waals surface area contributed by atoms with Crippen LogP contribution >= 0.6 is 0 Å². The molecule has 2 fully saturated rings. The molecule has 3 rings (SSSR count). The molecule has 1 amide bonds. The molecule has 2 aliphatic heterocycles. The standard InChI is InChI=1S/C17H27N5O3/c1-11-16(20-21-19-11)17(23)18-13-4-5-22(10-13)9-12-6-14(24-2)8-15(7-12)25-3/h6-8,11,13,16,19-21H,4-5,9-10H2,1-3H3,(H,18,23). The molecular formula is C17H27N5O3. The van der Waals surface area contributed by atoms with E-state index in [-0.39, 0.29) is 24.0 Å². The fourth-order valence-electron chi connectivity index (χ4n) is 3.34. The lowest BCUT2D eigenvalue weighted by molar-refractivity contribution is -0.123. The van der Waals surface area contributed by atoms with Crippen molar-refractivity contribution in [2.75, 3.05) is 27.3 Å². The van der Waals surface area contributed by atoms with Crippen LogP contribution in [-0.2, 0) is 11.3 Å². The summed E-state index contributed by atoms with van der Waals surface area (Å²) in [5, 5.41) is 3.14. The summed E-state index contributed by atoms with van der Waals surface area (Å²) >= 11 is 0. The topological polar surface area (TPSA) is 86.9 Å². The minimum Gasteiger partial charge on any atom is -0.497 e. The molecule has 0 saturated carbocycles. The van der Waals surface area contributed by atoms with Crippen molar-refractivity contribution in [1.82, 2.24) is 26.6 Å². The van der Waals surface area contributed by atoms with Crippen molar-refractivity contribution in [3.05, 3.63) is 23.8 Å². The number of rotatable bonds is 6. The number of benzene rings is 1. The molecule has 8 heteroatoms. The van der Waals surface area contributed by atoms with Crippen LogP contribution in [0.5, 0.6) is 11.5 Å². The average molecular weight is 349 g/mol. The first-order chi connectivity index (χ1) is 12.1. The van der Waals surface area contributed by atoms with E-state index in [1.165, 1.54) is 0 Å². The van der Waals surface area contributed by atoms with E-state index in [2.05, 4.69) is 26.6 Å². The van der Waals surface area contributed by atoms with Crippen LogP contribution in [0.25, 0.3) is 0 Å². The fraction of sp³-hybridized carbons (Fsp3) is 0.588. The number of hydrogen-bond donors (Lipinski definition) is 4.